The molecule has 2 aromatic heterocycles. The summed E-state index contributed by atoms with van der Waals surface area (Å²) < 4.78 is 8.75. The van der Waals surface area contributed by atoms with Crippen molar-refractivity contribution in [3.05, 3.63) is 70.3 Å². The number of fused-ring (bicyclic) bond motifs is 3. The molecule has 0 saturated heterocycles. The summed E-state index contributed by atoms with van der Waals surface area (Å²) in [5.41, 5.74) is 2.84. The Labute approximate surface area is 180 Å². The zero-order chi connectivity index (χ0) is 22.1. The number of para-hydroxylation sites is 2. The molecule has 2 aromatic carbocycles. The van der Waals surface area contributed by atoms with Crippen LogP contribution < -0.4 is 15.6 Å². The van der Waals surface area contributed by atoms with E-state index in [1.807, 2.05) is 68.5 Å². The number of aryl methyl sites for hydroxylation is 2. The van der Waals surface area contributed by atoms with E-state index >= 15 is 0 Å². The second-order valence-electron chi connectivity index (χ2n) is 7.57. The van der Waals surface area contributed by atoms with Gasteiger partial charge in [0.25, 0.3) is 5.56 Å². The fourth-order valence-electron chi connectivity index (χ4n) is 3.95. The molecule has 0 radical (unpaired) electrons. The van der Waals surface area contributed by atoms with Gasteiger partial charge in [0.05, 0.1) is 17.8 Å². The van der Waals surface area contributed by atoms with E-state index in [9.17, 15) is 9.59 Å². The Hall–Kier alpha value is -3.61. The SMILES string of the molecule is CCOc1ccccc1NC(=O)[C@H](CC)n1nc(C)n2c(cc3cc(C)ccc32)c1=O. The molecule has 0 bridgehead atoms. The van der Waals surface area contributed by atoms with Gasteiger partial charge in [-0.3, -0.25) is 14.0 Å². The van der Waals surface area contributed by atoms with Crippen molar-refractivity contribution in [1.29, 1.82) is 0 Å². The molecule has 7 heteroatoms. The van der Waals surface area contributed by atoms with Gasteiger partial charge in [0, 0.05) is 5.39 Å². The normalized spacial score (nSPS) is 12.3. The largest absolute Gasteiger partial charge is 0.492 e. The first-order valence-electron chi connectivity index (χ1n) is 10.5. The van der Waals surface area contributed by atoms with Crippen molar-refractivity contribution in [3.63, 3.8) is 0 Å². The van der Waals surface area contributed by atoms with Crippen LogP contribution in [0.2, 0.25) is 0 Å². The van der Waals surface area contributed by atoms with Crippen molar-refractivity contribution >= 4 is 28.0 Å². The number of rotatable bonds is 6. The van der Waals surface area contributed by atoms with E-state index in [2.05, 4.69) is 10.4 Å². The Morgan fingerprint density at radius 2 is 1.87 bits per heavy atom. The van der Waals surface area contributed by atoms with Crippen molar-refractivity contribution < 1.29 is 9.53 Å². The number of nitrogens with zero attached hydrogens (tertiary/aromatic N) is 3. The summed E-state index contributed by atoms with van der Waals surface area (Å²) in [7, 11) is 0. The highest BCUT2D eigenvalue weighted by molar-refractivity contribution is 5.95. The lowest BCUT2D eigenvalue weighted by Gasteiger charge is -2.19. The number of carbonyl (C=O) groups excluding carboxylic acids is 1. The smallest absolute Gasteiger partial charge is 0.291 e. The quantitative estimate of drug-likeness (QED) is 0.508. The van der Waals surface area contributed by atoms with Crippen LogP contribution in [0, 0.1) is 13.8 Å². The number of nitrogens with one attached hydrogen (secondary N) is 1. The Bertz CT molecular complexity index is 1340. The molecule has 4 aromatic rings. The van der Waals surface area contributed by atoms with Crippen LogP contribution in [0.5, 0.6) is 5.75 Å². The Morgan fingerprint density at radius 3 is 2.61 bits per heavy atom. The van der Waals surface area contributed by atoms with Crippen molar-refractivity contribution in [2.75, 3.05) is 11.9 Å². The fourth-order valence-corrected chi connectivity index (χ4v) is 3.95. The summed E-state index contributed by atoms with van der Waals surface area (Å²) in [5.74, 6) is 0.933. The van der Waals surface area contributed by atoms with Gasteiger partial charge in [-0.25, -0.2) is 4.68 Å². The average Bonchev–Trinajstić information content (AvgIpc) is 3.13. The first-order chi connectivity index (χ1) is 14.9. The van der Waals surface area contributed by atoms with E-state index in [1.165, 1.54) is 4.68 Å². The molecule has 0 fully saturated rings. The van der Waals surface area contributed by atoms with Crippen LogP contribution in [-0.2, 0) is 4.79 Å². The van der Waals surface area contributed by atoms with Gasteiger partial charge < -0.3 is 10.1 Å². The zero-order valence-electron chi connectivity index (χ0n) is 18.2. The molecule has 1 atom stereocenters. The number of carbonyl (C=O) groups is 1. The first kappa shape index (κ1) is 20.7. The zero-order valence-corrected chi connectivity index (χ0v) is 18.2. The maximum Gasteiger partial charge on any atom is 0.291 e. The predicted molar refractivity (Wildman–Crippen MR) is 122 cm³/mol. The summed E-state index contributed by atoms with van der Waals surface area (Å²) in [4.78, 5) is 26.5. The van der Waals surface area contributed by atoms with Gasteiger partial charge in [0.1, 0.15) is 23.1 Å². The average molecular weight is 418 g/mol. The van der Waals surface area contributed by atoms with Gasteiger partial charge in [-0.1, -0.05) is 30.7 Å². The Balaban J connectivity index is 1.77. The first-order valence-corrected chi connectivity index (χ1v) is 10.5. The third-order valence-electron chi connectivity index (χ3n) is 5.39. The van der Waals surface area contributed by atoms with E-state index in [1.54, 1.807) is 12.1 Å². The summed E-state index contributed by atoms with van der Waals surface area (Å²) in [6, 6.07) is 14.4. The van der Waals surface area contributed by atoms with Gasteiger partial charge in [0.2, 0.25) is 5.91 Å². The van der Waals surface area contributed by atoms with E-state index < -0.39 is 6.04 Å². The third-order valence-corrected chi connectivity index (χ3v) is 5.39. The Kier molecular flexibility index (Phi) is 5.50. The standard InChI is InChI=1S/C24H26N4O3/c1-5-19(23(29)25-18-9-7-8-10-22(18)31-6-2)28-24(30)21-14-17-13-15(3)11-12-20(17)27(21)16(4)26-28/h7-14,19H,5-6H2,1-4H3,(H,25,29)/t19-/m0/s1. The van der Waals surface area contributed by atoms with E-state index in [0.717, 1.165) is 16.5 Å². The van der Waals surface area contributed by atoms with Crippen LogP contribution in [0.25, 0.3) is 16.4 Å². The number of amides is 1. The van der Waals surface area contributed by atoms with Crippen LogP contribution >= 0.6 is 0 Å². The highest BCUT2D eigenvalue weighted by Gasteiger charge is 2.24. The van der Waals surface area contributed by atoms with Gasteiger partial charge in [-0.15, -0.1) is 0 Å². The summed E-state index contributed by atoms with van der Waals surface area (Å²) in [6.45, 7) is 8.10. The third kappa shape index (κ3) is 3.67. The number of benzene rings is 2. The molecule has 7 nitrogen and oxygen atoms in total. The predicted octanol–water partition coefficient (Wildman–Crippen LogP) is 4.25. The highest BCUT2D eigenvalue weighted by Crippen LogP contribution is 2.26. The molecule has 160 valence electrons. The fraction of sp³-hybridized carbons (Fsp3) is 0.292. The van der Waals surface area contributed by atoms with E-state index in [-0.39, 0.29) is 11.5 Å². The molecule has 0 aliphatic rings. The summed E-state index contributed by atoms with van der Waals surface area (Å²) >= 11 is 0. The molecule has 0 spiro atoms. The van der Waals surface area contributed by atoms with Crippen molar-refractivity contribution in [2.24, 2.45) is 0 Å². The molecular weight excluding hydrogens is 392 g/mol. The molecular formula is C24H26N4O3. The van der Waals surface area contributed by atoms with Gasteiger partial charge in [-0.05, 0) is 57.5 Å². The lowest BCUT2D eigenvalue weighted by Crippen LogP contribution is -2.36. The molecule has 0 aliphatic carbocycles. The van der Waals surface area contributed by atoms with Crippen molar-refractivity contribution in [1.82, 2.24) is 14.2 Å². The van der Waals surface area contributed by atoms with Crippen molar-refractivity contribution in [2.45, 2.75) is 40.2 Å². The lowest BCUT2D eigenvalue weighted by molar-refractivity contribution is -0.119. The van der Waals surface area contributed by atoms with Crippen LogP contribution in [0.1, 0.15) is 37.7 Å². The number of anilines is 1. The maximum atomic E-state index is 13.3. The summed E-state index contributed by atoms with van der Waals surface area (Å²) in [6.07, 6.45) is 0.421. The lowest BCUT2D eigenvalue weighted by atomic mass is 10.2. The molecule has 1 N–H and O–H groups in total. The number of hydrogen-bond donors (Lipinski definition) is 1. The van der Waals surface area contributed by atoms with E-state index in [0.29, 0.717) is 35.8 Å². The van der Waals surface area contributed by atoms with Crippen molar-refractivity contribution in [3.8, 4) is 5.75 Å². The topological polar surface area (TPSA) is 77.6 Å². The monoisotopic (exact) mass is 418 g/mol. The second kappa shape index (κ2) is 8.26. The van der Waals surface area contributed by atoms with Gasteiger partial charge >= 0.3 is 0 Å². The molecule has 0 unspecified atom stereocenters. The number of ether oxygens (including phenoxy) is 1. The number of hydrogen-bond acceptors (Lipinski definition) is 4. The Morgan fingerprint density at radius 1 is 1.10 bits per heavy atom. The van der Waals surface area contributed by atoms with Crippen LogP contribution in [0.3, 0.4) is 0 Å². The van der Waals surface area contributed by atoms with Gasteiger partial charge in [-0.2, -0.15) is 5.10 Å². The minimum Gasteiger partial charge on any atom is -0.492 e. The molecule has 0 aliphatic heterocycles. The number of aromatic nitrogens is 3. The second-order valence-corrected chi connectivity index (χ2v) is 7.57. The van der Waals surface area contributed by atoms with E-state index in [4.69, 9.17) is 4.74 Å². The molecule has 4 rings (SSSR count). The molecule has 31 heavy (non-hydrogen) atoms. The minimum absolute atomic E-state index is 0.292. The summed E-state index contributed by atoms with van der Waals surface area (Å²) in [5, 5.41) is 8.39. The molecule has 0 saturated carbocycles. The highest BCUT2D eigenvalue weighted by atomic mass is 16.5. The van der Waals surface area contributed by atoms with Crippen LogP contribution in [-0.4, -0.2) is 26.7 Å². The molecule has 1 amide bonds. The van der Waals surface area contributed by atoms with Gasteiger partial charge in [0.15, 0.2) is 0 Å². The van der Waals surface area contributed by atoms with Crippen LogP contribution in [0.4, 0.5) is 5.69 Å². The molecule has 2 heterocycles. The minimum atomic E-state index is -0.745. The maximum absolute atomic E-state index is 13.3. The van der Waals surface area contributed by atoms with Crippen LogP contribution in [0.15, 0.2) is 53.3 Å².